The van der Waals surface area contributed by atoms with Gasteiger partial charge < -0.3 is 35.6 Å². The molecule has 5 N–H and O–H groups in total. The van der Waals surface area contributed by atoms with Gasteiger partial charge in [0.05, 0.1) is 6.61 Å². The van der Waals surface area contributed by atoms with Crippen molar-refractivity contribution in [3.63, 3.8) is 0 Å². The van der Waals surface area contributed by atoms with E-state index in [1.807, 2.05) is 0 Å². The van der Waals surface area contributed by atoms with E-state index in [0.717, 1.165) is 0 Å². The van der Waals surface area contributed by atoms with Crippen molar-refractivity contribution < 1.29 is 86.6 Å². The van der Waals surface area contributed by atoms with Gasteiger partial charge in [0.25, 0.3) is 0 Å². The fourth-order valence-electron chi connectivity index (χ4n) is 1.34. The summed E-state index contributed by atoms with van der Waals surface area (Å²) >= 11 is 0. The smallest absolute Gasteiger partial charge is 0.595 e. The second-order valence-corrected chi connectivity index (χ2v) is 3.11. The molecule has 9 nitrogen and oxygen atoms in total. The van der Waals surface area contributed by atoms with Crippen LogP contribution in [0.5, 0.6) is 0 Å². The Morgan fingerprint density at radius 3 is 2.38 bits per heavy atom. The zero-order valence-electron chi connectivity index (χ0n) is 8.54. The first-order valence-corrected chi connectivity index (χ1v) is 4.14. The molecule has 0 aromatic heterocycles. The third-order valence-corrected chi connectivity index (χ3v) is 2.15. The standard InChI is InChI=1S/C6H12N2O7.K/c9-1-2(10)5-3(11)4(12)6(15-5)8(14)7-13;/h2-6,9-13H,1H2;/q;+1/t2-,3-,4+,5-,6+;/m1./s1. The van der Waals surface area contributed by atoms with Gasteiger partial charge in [0.1, 0.15) is 18.3 Å². The number of aliphatic hydroxyl groups excluding tert-OH is 4. The number of aliphatic hydroxyl groups is 4. The van der Waals surface area contributed by atoms with E-state index in [1.165, 1.54) is 0 Å². The number of ether oxygens (including phenoxy) is 1. The Kier molecular flexibility index (Phi) is 7.44. The molecule has 0 aromatic rings. The molecule has 16 heavy (non-hydrogen) atoms. The minimum absolute atomic E-state index is 0. The summed E-state index contributed by atoms with van der Waals surface area (Å²) in [6.45, 7) is -0.698. The third-order valence-electron chi connectivity index (χ3n) is 2.15. The zero-order valence-corrected chi connectivity index (χ0v) is 11.7. The maximum atomic E-state index is 10.8. The van der Waals surface area contributed by atoms with Crippen molar-refractivity contribution in [1.82, 2.24) is 0 Å². The monoisotopic (exact) mass is 263 g/mol. The van der Waals surface area contributed by atoms with Crippen LogP contribution in [0.3, 0.4) is 0 Å². The molecule has 0 unspecified atom stereocenters. The molecule has 1 rings (SSSR count). The summed E-state index contributed by atoms with van der Waals surface area (Å²) in [6, 6.07) is 0. The van der Waals surface area contributed by atoms with Gasteiger partial charge in [-0.15, -0.1) is 0 Å². The Morgan fingerprint density at radius 1 is 1.38 bits per heavy atom. The number of hydrogen-bond acceptors (Lipinski definition) is 7. The van der Waals surface area contributed by atoms with Crippen LogP contribution in [-0.2, 0) is 4.74 Å². The molecule has 0 spiro atoms. The third kappa shape index (κ3) is 3.32. The van der Waals surface area contributed by atoms with Gasteiger partial charge >= 0.3 is 57.6 Å². The van der Waals surface area contributed by atoms with Crippen molar-refractivity contribution in [2.75, 3.05) is 6.61 Å². The molecule has 1 fully saturated rings. The van der Waals surface area contributed by atoms with E-state index >= 15 is 0 Å². The van der Waals surface area contributed by atoms with Gasteiger partial charge in [0.15, 0.2) is 11.4 Å². The summed E-state index contributed by atoms with van der Waals surface area (Å²) in [6.07, 6.45) is -7.55. The fraction of sp³-hybridized carbons (Fsp3) is 1.00. The van der Waals surface area contributed by atoms with Crippen LogP contribution in [0.25, 0.3) is 0 Å². The van der Waals surface area contributed by atoms with Crippen LogP contribution in [0.2, 0.25) is 0 Å². The molecule has 1 aliphatic heterocycles. The molecule has 0 bridgehead atoms. The molecule has 0 radical (unpaired) electrons. The first-order valence-electron chi connectivity index (χ1n) is 4.14. The molecular formula is C6H12KN2O7+. The Labute approximate surface area is 133 Å². The van der Waals surface area contributed by atoms with Crippen molar-refractivity contribution in [1.29, 1.82) is 0 Å². The van der Waals surface area contributed by atoms with Crippen molar-refractivity contribution in [3.8, 4) is 0 Å². The van der Waals surface area contributed by atoms with Crippen LogP contribution in [0, 0.1) is 5.21 Å². The molecule has 0 aliphatic carbocycles. The largest absolute Gasteiger partial charge is 1.00 e. The first kappa shape index (κ1) is 16.6. The molecule has 1 aliphatic rings. The van der Waals surface area contributed by atoms with Crippen molar-refractivity contribution >= 4 is 0 Å². The van der Waals surface area contributed by atoms with E-state index < -0.39 is 37.3 Å². The summed E-state index contributed by atoms with van der Waals surface area (Å²) in [5.74, 6) is 0. The van der Waals surface area contributed by atoms with E-state index in [-0.39, 0.29) is 56.2 Å². The van der Waals surface area contributed by atoms with Crippen LogP contribution in [0.4, 0.5) is 0 Å². The van der Waals surface area contributed by atoms with Gasteiger partial charge in [-0.05, 0) is 4.86 Å². The average molecular weight is 263 g/mol. The van der Waals surface area contributed by atoms with Gasteiger partial charge in [0, 0.05) is 0 Å². The number of hydroxylamine groups is 1. The zero-order chi connectivity index (χ0) is 11.6. The Bertz CT molecular complexity index is 253. The van der Waals surface area contributed by atoms with Crippen LogP contribution in [0.15, 0.2) is 5.28 Å². The molecule has 0 amide bonds. The van der Waals surface area contributed by atoms with Crippen LogP contribution >= 0.6 is 0 Å². The van der Waals surface area contributed by atoms with Gasteiger partial charge in [-0.25, -0.2) is 0 Å². The average Bonchev–Trinajstić information content (AvgIpc) is 2.54. The minimum atomic E-state index is -1.63. The Morgan fingerprint density at radius 2 is 1.94 bits per heavy atom. The maximum absolute atomic E-state index is 10.8. The van der Waals surface area contributed by atoms with Gasteiger partial charge in [0.2, 0.25) is 0 Å². The molecule has 0 saturated carbocycles. The molecule has 10 heteroatoms. The van der Waals surface area contributed by atoms with Crippen molar-refractivity contribution in [2.45, 2.75) is 30.6 Å². The number of rotatable bonds is 3. The fourth-order valence-corrected chi connectivity index (χ4v) is 1.34. The maximum Gasteiger partial charge on any atom is 1.00 e. The van der Waals surface area contributed by atoms with E-state index in [4.69, 9.17) is 20.2 Å². The van der Waals surface area contributed by atoms with Crippen LogP contribution in [0.1, 0.15) is 0 Å². The molecular weight excluding hydrogens is 251 g/mol. The van der Waals surface area contributed by atoms with Crippen LogP contribution < -0.4 is 51.4 Å². The second kappa shape index (κ2) is 7.16. The summed E-state index contributed by atoms with van der Waals surface area (Å²) in [5, 5.41) is 57.5. The minimum Gasteiger partial charge on any atom is -0.595 e. The van der Waals surface area contributed by atoms with Crippen LogP contribution in [-0.4, -0.2) is 67.7 Å². The molecule has 1 saturated heterocycles. The molecule has 88 valence electrons. The van der Waals surface area contributed by atoms with Crippen molar-refractivity contribution in [2.24, 2.45) is 5.28 Å². The molecule has 5 atom stereocenters. The van der Waals surface area contributed by atoms with E-state index in [1.54, 1.807) is 0 Å². The first-order chi connectivity index (χ1) is 7.02. The van der Waals surface area contributed by atoms with Gasteiger partial charge in [-0.3, -0.25) is 0 Å². The number of hydrogen-bond donors (Lipinski definition) is 5. The second-order valence-electron chi connectivity index (χ2n) is 3.11. The van der Waals surface area contributed by atoms with E-state index in [2.05, 4.69) is 5.28 Å². The Balaban J connectivity index is 0.00000225. The quantitative estimate of drug-likeness (QED) is 0.147. The predicted octanol–water partition coefficient (Wildman–Crippen LogP) is -5.86. The molecule has 0 aromatic carbocycles. The summed E-state index contributed by atoms with van der Waals surface area (Å²) in [5.41, 5.74) is 0. The normalized spacial score (nSPS) is 36.9. The molecule has 1 heterocycles. The van der Waals surface area contributed by atoms with E-state index in [9.17, 15) is 15.4 Å². The van der Waals surface area contributed by atoms with Crippen molar-refractivity contribution in [3.05, 3.63) is 5.21 Å². The summed E-state index contributed by atoms with van der Waals surface area (Å²) < 4.78 is 4.74. The SMILES string of the molecule is [K+].[O-][N+](=NO)[C@H]1O[C@H]([C@H](O)CO)[C@H](O)[C@@H]1O. The van der Waals surface area contributed by atoms with E-state index in [0.29, 0.717) is 0 Å². The van der Waals surface area contributed by atoms with Gasteiger partial charge in [-0.2, -0.15) is 0 Å². The van der Waals surface area contributed by atoms with Gasteiger partial charge in [-0.1, -0.05) is 0 Å². The topological polar surface area (TPSA) is 149 Å². The summed E-state index contributed by atoms with van der Waals surface area (Å²) in [7, 11) is 0. The predicted molar refractivity (Wildman–Crippen MR) is 41.6 cm³/mol. The number of nitrogens with zero attached hydrogens (tertiary/aromatic N) is 2. The summed E-state index contributed by atoms with van der Waals surface area (Å²) in [4.78, 5) is -0.349. The Hall–Kier alpha value is 0.636.